The van der Waals surface area contributed by atoms with Gasteiger partial charge in [0.1, 0.15) is 5.82 Å². The van der Waals surface area contributed by atoms with Crippen molar-refractivity contribution in [2.75, 3.05) is 6.54 Å². The number of hydrogen-bond donors (Lipinski definition) is 1. The minimum atomic E-state index is -0.237. The molecule has 0 saturated carbocycles. The summed E-state index contributed by atoms with van der Waals surface area (Å²) in [5.41, 5.74) is 3.54. The average molecular weight is 331 g/mol. The van der Waals surface area contributed by atoms with Crippen LogP contribution < -0.4 is 5.32 Å². The van der Waals surface area contributed by atoms with E-state index < -0.39 is 0 Å². The number of amides is 1. The summed E-state index contributed by atoms with van der Waals surface area (Å²) in [5.74, 6) is 0.642. The van der Waals surface area contributed by atoms with Crippen molar-refractivity contribution in [3.63, 3.8) is 0 Å². The van der Waals surface area contributed by atoms with Crippen molar-refractivity contribution < 1.29 is 9.18 Å². The number of rotatable bonds is 7. The van der Waals surface area contributed by atoms with Crippen molar-refractivity contribution in [1.29, 1.82) is 0 Å². The quantitative estimate of drug-likeness (QED) is 0.827. The van der Waals surface area contributed by atoms with E-state index in [-0.39, 0.29) is 17.0 Å². The molecule has 0 spiro atoms. The number of carbonyl (C=O) groups is 1. The van der Waals surface area contributed by atoms with Crippen LogP contribution in [-0.4, -0.2) is 17.7 Å². The molecule has 0 bridgehead atoms. The maximum atomic E-state index is 12.8. The zero-order valence-electron chi connectivity index (χ0n) is 13.5. The van der Waals surface area contributed by atoms with E-state index in [1.165, 1.54) is 23.3 Å². The maximum Gasteiger partial charge on any atom is 0.232 e. The normalized spacial score (nSPS) is 12.0. The summed E-state index contributed by atoms with van der Waals surface area (Å²) in [6, 6.07) is 14.6. The van der Waals surface area contributed by atoms with Crippen molar-refractivity contribution in [3.8, 4) is 0 Å². The number of benzene rings is 2. The van der Waals surface area contributed by atoms with Gasteiger partial charge in [-0.1, -0.05) is 36.4 Å². The first-order chi connectivity index (χ1) is 11.1. The fourth-order valence-electron chi connectivity index (χ4n) is 2.19. The van der Waals surface area contributed by atoms with Gasteiger partial charge < -0.3 is 5.32 Å². The van der Waals surface area contributed by atoms with Gasteiger partial charge in [-0.25, -0.2) is 4.39 Å². The Morgan fingerprint density at radius 2 is 1.87 bits per heavy atom. The van der Waals surface area contributed by atoms with Gasteiger partial charge in [0.25, 0.3) is 0 Å². The summed E-state index contributed by atoms with van der Waals surface area (Å²) in [5, 5.41) is 2.85. The summed E-state index contributed by atoms with van der Waals surface area (Å²) in [6.45, 7) is 4.58. The summed E-state index contributed by atoms with van der Waals surface area (Å²) in [4.78, 5) is 12.1. The third-order valence-corrected chi connectivity index (χ3v) is 4.94. The number of carbonyl (C=O) groups excluding carboxylic acids is 1. The number of aryl methyl sites for hydroxylation is 1. The minimum absolute atomic E-state index is 0.0469. The minimum Gasteiger partial charge on any atom is -0.355 e. The van der Waals surface area contributed by atoms with Crippen LogP contribution in [0.4, 0.5) is 4.39 Å². The average Bonchev–Trinajstić information content (AvgIpc) is 2.55. The molecule has 0 fully saturated rings. The number of hydrogen-bond acceptors (Lipinski definition) is 2. The Balaban J connectivity index is 1.72. The number of halogens is 1. The van der Waals surface area contributed by atoms with Crippen molar-refractivity contribution in [1.82, 2.24) is 5.32 Å². The Labute approximate surface area is 141 Å². The summed E-state index contributed by atoms with van der Waals surface area (Å²) < 4.78 is 12.8. The van der Waals surface area contributed by atoms with Crippen LogP contribution in [0.3, 0.4) is 0 Å². The second-order valence-corrected chi connectivity index (χ2v) is 6.88. The van der Waals surface area contributed by atoms with Crippen molar-refractivity contribution in [2.24, 2.45) is 0 Å². The second kappa shape index (κ2) is 8.73. The van der Waals surface area contributed by atoms with Gasteiger partial charge in [0.05, 0.1) is 5.25 Å². The van der Waals surface area contributed by atoms with Crippen LogP contribution in [0.15, 0.2) is 48.5 Å². The third kappa shape index (κ3) is 5.71. The molecule has 0 radical (unpaired) electrons. The topological polar surface area (TPSA) is 29.1 Å². The van der Waals surface area contributed by atoms with E-state index in [1.807, 2.05) is 19.1 Å². The lowest BCUT2D eigenvalue weighted by atomic mass is 10.1. The van der Waals surface area contributed by atoms with Crippen molar-refractivity contribution >= 4 is 17.7 Å². The van der Waals surface area contributed by atoms with E-state index in [0.29, 0.717) is 13.0 Å². The molecule has 0 aliphatic carbocycles. The fourth-order valence-corrected chi connectivity index (χ4v) is 3.18. The molecule has 1 unspecified atom stereocenters. The van der Waals surface area contributed by atoms with E-state index in [0.717, 1.165) is 11.3 Å². The van der Waals surface area contributed by atoms with Gasteiger partial charge in [-0.05, 0) is 49.1 Å². The van der Waals surface area contributed by atoms with Crippen molar-refractivity contribution in [2.45, 2.75) is 31.3 Å². The Morgan fingerprint density at radius 1 is 1.17 bits per heavy atom. The van der Waals surface area contributed by atoms with Gasteiger partial charge in [0, 0.05) is 12.3 Å². The molecule has 0 aromatic heterocycles. The lowest BCUT2D eigenvalue weighted by Gasteiger charge is -2.13. The lowest BCUT2D eigenvalue weighted by Crippen LogP contribution is -2.32. The molecule has 2 nitrogen and oxygen atoms in total. The molecule has 1 amide bonds. The molecule has 2 rings (SSSR count). The lowest BCUT2D eigenvalue weighted by molar-refractivity contribution is -0.120. The highest BCUT2D eigenvalue weighted by Crippen LogP contribution is 2.20. The van der Waals surface area contributed by atoms with Crippen LogP contribution in [0.25, 0.3) is 0 Å². The zero-order chi connectivity index (χ0) is 16.7. The summed E-state index contributed by atoms with van der Waals surface area (Å²) in [6.07, 6.45) is 0.710. The molecule has 2 aromatic rings. The predicted molar refractivity (Wildman–Crippen MR) is 95.0 cm³/mol. The van der Waals surface area contributed by atoms with E-state index in [1.54, 1.807) is 23.9 Å². The van der Waals surface area contributed by atoms with E-state index in [2.05, 4.69) is 24.4 Å². The molecular weight excluding hydrogens is 309 g/mol. The molecule has 23 heavy (non-hydrogen) atoms. The first-order valence-corrected chi connectivity index (χ1v) is 8.79. The third-order valence-electron chi connectivity index (χ3n) is 3.75. The van der Waals surface area contributed by atoms with Gasteiger partial charge in [0.2, 0.25) is 5.91 Å². The summed E-state index contributed by atoms with van der Waals surface area (Å²) in [7, 11) is 0. The van der Waals surface area contributed by atoms with Crippen LogP contribution in [-0.2, 0) is 17.0 Å². The molecule has 0 aliphatic heterocycles. The monoisotopic (exact) mass is 331 g/mol. The smallest absolute Gasteiger partial charge is 0.232 e. The molecular formula is C19H22FNOS. The largest absolute Gasteiger partial charge is 0.355 e. The van der Waals surface area contributed by atoms with Crippen LogP contribution >= 0.6 is 11.8 Å². The van der Waals surface area contributed by atoms with Crippen LogP contribution in [0.5, 0.6) is 0 Å². The van der Waals surface area contributed by atoms with Gasteiger partial charge in [0.15, 0.2) is 0 Å². The van der Waals surface area contributed by atoms with Crippen LogP contribution in [0.1, 0.15) is 23.6 Å². The number of thioether (sulfide) groups is 1. The van der Waals surface area contributed by atoms with Crippen LogP contribution in [0, 0.1) is 12.7 Å². The molecule has 1 N–H and O–H groups in total. The van der Waals surface area contributed by atoms with Crippen molar-refractivity contribution in [3.05, 3.63) is 71.0 Å². The van der Waals surface area contributed by atoms with Gasteiger partial charge in [-0.2, -0.15) is 0 Å². The highest BCUT2D eigenvalue weighted by molar-refractivity contribution is 7.99. The Bertz CT molecular complexity index is 642. The maximum absolute atomic E-state index is 12.8. The first-order valence-electron chi connectivity index (χ1n) is 7.74. The molecule has 0 heterocycles. The Hall–Kier alpha value is -1.81. The summed E-state index contributed by atoms with van der Waals surface area (Å²) >= 11 is 1.64. The van der Waals surface area contributed by atoms with E-state index in [9.17, 15) is 9.18 Å². The predicted octanol–water partition coefficient (Wildman–Crippen LogP) is 4.11. The van der Waals surface area contributed by atoms with Gasteiger partial charge in [-0.3, -0.25) is 4.79 Å². The Morgan fingerprint density at radius 3 is 2.57 bits per heavy atom. The second-order valence-electron chi connectivity index (χ2n) is 5.55. The molecule has 2 aromatic carbocycles. The molecule has 4 heteroatoms. The molecule has 1 atom stereocenters. The van der Waals surface area contributed by atoms with Crippen LogP contribution in [0.2, 0.25) is 0 Å². The highest BCUT2D eigenvalue weighted by atomic mass is 32.2. The molecule has 122 valence electrons. The van der Waals surface area contributed by atoms with E-state index in [4.69, 9.17) is 0 Å². The SMILES string of the molecule is Cc1ccccc1CSC(C)C(=O)NCCc1ccc(F)cc1. The van der Waals surface area contributed by atoms with E-state index >= 15 is 0 Å². The molecule has 0 aliphatic rings. The molecule has 0 saturated heterocycles. The fraction of sp³-hybridized carbons (Fsp3) is 0.316. The number of nitrogens with one attached hydrogen (secondary N) is 1. The Kier molecular flexibility index (Phi) is 6.66. The highest BCUT2D eigenvalue weighted by Gasteiger charge is 2.13. The van der Waals surface area contributed by atoms with Gasteiger partial charge >= 0.3 is 0 Å². The first kappa shape index (κ1) is 17.5. The van der Waals surface area contributed by atoms with Gasteiger partial charge in [-0.15, -0.1) is 11.8 Å². The standard InChI is InChI=1S/C19H22FNOS/c1-14-5-3-4-6-17(14)13-23-15(2)19(22)21-12-11-16-7-9-18(20)10-8-16/h3-10,15H,11-13H2,1-2H3,(H,21,22). The zero-order valence-corrected chi connectivity index (χ0v) is 14.3.